The van der Waals surface area contributed by atoms with Crippen LogP contribution in [-0.2, 0) is 31.9 Å². The fourth-order valence-corrected chi connectivity index (χ4v) is 3.80. The molecule has 1 aromatic rings. The zero-order valence-electron chi connectivity index (χ0n) is 12.1. The molecule has 2 aliphatic heterocycles. The number of hydrogen-bond donors (Lipinski definition) is 2. The highest BCUT2D eigenvalue weighted by molar-refractivity contribution is 7.88. The Morgan fingerprint density at radius 2 is 2.23 bits per heavy atom. The summed E-state index contributed by atoms with van der Waals surface area (Å²) >= 11 is 0. The molecule has 122 valence electrons. The molecule has 0 radical (unpaired) electrons. The van der Waals surface area contributed by atoms with E-state index in [1.807, 2.05) is 0 Å². The van der Waals surface area contributed by atoms with Crippen molar-refractivity contribution in [1.82, 2.24) is 14.2 Å². The van der Waals surface area contributed by atoms with Gasteiger partial charge in [0.1, 0.15) is 11.7 Å². The molecule has 1 atom stereocenters. The Labute approximate surface area is 127 Å². The van der Waals surface area contributed by atoms with E-state index in [9.17, 15) is 18.3 Å². The molecule has 1 amide bonds. The van der Waals surface area contributed by atoms with E-state index in [1.165, 1.54) is 6.07 Å². The van der Waals surface area contributed by atoms with Gasteiger partial charge in [0.25, 0.3) is 5.91 Å². The van der Waals surface area contributed by atoms with Crippen molar-refractivity contribution >= 4 is 16.1 Å². The highest BCUT2D eigenvalue weighted by Crippen LogP contribution is 2.30. The van der Waals surface area contributed by atoms with Crippen molar-refractivity contribution in [3.8, 4) is 0 Å². The molecule has 22 heavy (non-hydrogen) atoms. The van der Waals surface area contributed by atoms with Crippen LogP contribution in [0.2, 0.25) is 0 Å². The maximum absolute atomic E-state index is 12.2. The van der Waals surface area contributed by atoms with Gasteiger partial charge in [0.05, 0.1) is 19.8 Å². The molecular weight excluding hydrogens is 314 g/mol. The van der Waals surface area contributed by atoms with E-state index in [4.69, 9.17) is 9.26 Å². The lowest BCUT2D eigenvalue weighted by Gasteiger charge is -2.33. The maximum Gasteiger partial charge on any atom is 0.304 e. The molecule has 2 fully saturated rings. The van der Waals surface area contributed by atoms with Crippen molar-refractivity contribution in [2.24, 2.45) is 5.92 Å². The molecule has 2 aliphatic rings. The smallest absolute Gasteiger partial charge is 0.304 e. The first-order valence-electron chi connectivity index (χ1n) is 6.83. The van der Waals surface area contributed by atoms with Crippen LogP contribution < -0.4 is 4.72 Å². The number of aliphatic hydroxyl groups is 1. The third-order valence-corrected chi connectivity index (χ3v) is 5.19. The number of carbonyl (C=O) groups is 1. The molecule has 0 saturated carbocycles. The second-order valence-corrected chi connectivity index (χ2v) is 7.52. The van der Waals surface area contributed by atoms with E-state index in [1.54, 1.807) is 13.8 Å². The van der Waals surface area contributed by atoms with Gasteiger partial charge in [0.15, 0.2) is 11.4 Å². The number of nitrogens with one attached hydrogen (secondary N) is 1. The van der Waals surface area contributed by atoms with Crippen LogP contribution in [0, 0.1) is 5.92 Å². The molecule has 0 bridgehead atoms. The molecule has 0 aliphatic carbocycles. The van der Waals surface area contributed by atoms with Gasteiger partial charge in [-0.3, -0.25) is 4.79 Å². The lowest BCUT2D eigenvalue weighted by atomic mass is 9.99. The topological polar surface area (TPSA) is 122 Å². The van der Waals surface area contributed by atoms with Crippen LogP contribution in [0.5, 0.6) is 0 Å². The van der Waals surface area contributed by atoms with E-state index >= 15 is 0 Å². The fraction of sp³-hybridized carbons (Fsp3) is 0.667. The normalized spacial score (nSPS) is 26.5. The molecule has 10 heteroatoms. The van der Waals surface area contributed by atoms with Crippen LogP contribution in [-0.4, -0.2) is 48.1 Å². The lowest BCUT2D eigenvalue weighted by molar-refractivity contribution is -0.195. The number of carbonyl (C=O) groups excluding carboxylic acids is 1. The van der Waals surface area contributed by atoms with E-state index in [0.29, 0.717) is 0 Å². The molecule has 3 heterocycles. The van der Waals surface area contributed by atoms with Crippen LogP contribution in [0.1, 0.15) is 25.3 Å². The van der Waals surface area contributed by atoms with Gasteiger partial charge in [-0.25, -0.2) is 4.31 Å². The Morgan fingerprint density at radius 1 is 1.55 bits per heavy atom. The summed E-state index contributed by atoms with van der Waals surface area (Å²) in [7, 11) is -3.88. The number of ether oxygens (including phenoxy) is 1. The van der Waals surface area contributed by atoms with Crippen LogP contribution in [0.4, 0.5) is 0 Å². The Hall–Kier alpha value is -1.49. The van der Waals surface area contributed by atoms with Crippen molar-refractivity contribution in [2.45, 2.75) is 32.0 Å². The second kappa shape index (κ2) is 5.01. The summed E-state index contributed by atoms with van der Waals surface area (Å²) in [6.07, 6.45) is 0. The first-order chi connectivity index (χ1) is 10.2. The number of hydrogen-bond acceptors (Lipinski definition) is 7. The van der Waals surface area contributed by atoms with E-state index < -0.39 is 27.8 Å². The highest BCUT2D eigenvalue weighted by atomic mass is 32.2. The number of amides is 1. The zero-order chi connectivity index (χ0) is 16.1. The summed E-state index contributed by atoms with van der Waals surface area (Å²) in [4.78, 5) is 12.2. The third kappa shape index (κ3) is 2.41. The first-order valence-corrected chi connectivity index (χ1v) is 8.27. The third-order valence-electron chi connectivity index (χ3n) is 3.75. The number of aromatic nitrogens is 1. The quantitative estimate of drug-likeness (QED) is 0.732. The highest BCUT2D eigenvalue weighted by Gasteiger charge is 2.45. The molecule has 0 spiro atoms. The minimum absolute atomic E-state index is 0.0968. The van der Waals surface area contributed by atoms with Crippen LogP contribution >= 0.6 is 0 Å². The summed E-state index contributed by atoms with van der Waals surface area (Å²) < 4.78 is 37.1. The average molecular weight is 331 g/mol. The molecule has 0 unspecified atom stereocenters. The molecule has 9 nitrogen and oxygen atoms in total. The fourth-order valence-electron chi connectivity index (χ4n) is 2.32. The monoisotopic (exact) mass is 331 g/mol. The van der Waals surface area contributed by atoms with Crippen LogP contribution in [0.25, 0.3) is 0 Å². The molecule has 0 aromatic carbocycles. The van der Waals surface area contributed by atoms with Gasteiger partial charge in [-0.15, -0.1) is 0 Å². The zero-order valence-corrected chi connectivity index (χ0v) is 13.0. The van der Waals surface area contributed by atoms with E-state index in [-0.39, 0.29) is 37.1 Å². The van der Waals surface area contributed by atoms with Gasteiger partial charge in [0, 0.05) is 6.07 Å². The predicted octanol–water partition coefficient (Wildman–Crippen LogP) is -0.906. The molecule has 2 N–H and O–H groups in total. The van der Waals surface area contributed by atoms with Crippen molar-refractivity contribution in [3.63, 3.8) is 0 Å². The summed E-state index contributed by atoms with van der Waals surface area (Å²) in [6, 6.07) is 0.661. The van der Waals surface area contributed by atoms with Gasteiger partial charge >= 0.3 is 10.2 Å². The largest absolute Gasteiger partial charge is 0.377 e. The van der Waals surface area contributed by atoms with Gasteiger partial charge < -0.3 is 14.4 Å². The first kappa shape index (κ1) is 15.4. The molecular formula is C12H17N3O6S. The second-order valence-electron chi connectivity index (χ2n) is 5.90. The van der Waals surface area contributed by atoms with Gasteiger partial charge in [-0.2, -0.15) is 13.1 Å². The van der Waals surface area contributed by atoms with Gasteiger partial charge in [-0.1, -0.05) is 19.0 Å². The summed E-state index contributed by atoms with van der Waals surface area (Å²) in [5, 5.41) is 13.8. The predicted molar refractivity (Wildman–Crippen MR) is 72.5 cm³/mol. The van der Waals surface area contributed by atoms with E-state index in [0.717, 1.165) is 4.31 Å². The SMILES string of the molecule is CC(C)[C@@H]1NS(=O)(=O)N(Cc2cc(C3(O)COC3)on2)C1=O. The van der Waals surface area contributed by atoms with Crippen molar-refractivity contribution < 1.29 is 27.6 Å². The Bertz CT molecular complexity index is 693. The van der Waals surface area contributed by atoms with Crippen molar-refractivity contribution in [2.75, 3.05) is 13.2 Å². The maximum atomic E-state index is 12.2. The van der Waals surface area contributed by atoms with Crippen molar-refractivity contribution in [1.29, 1.82) is 0 Å². The molecule has 1 aromatic heterocycles. The summed E-state index contributed by atoms with van der Waals surface area (Å²) in [6.45, 7) is 3.47. The molecule has 3 rings (SSSR count). The standard InChI is InChI=1S/C12H17N3O6S/c1-7(2)10-11(16)15(22(18,19)14-10)4-8-3-9(21-13-8)12(17)5-20-6-12/h3,7,10,14,17H,4-6H2,1-2H3/t10-/m0/s1. The van der Waals surface area contributed by atoms with E-state index in [2.05, 4.69) is 9.88 Å². The van der Waals surface area contributed by atoms with Gasteiger partial charge in [-0.05, 0) is 5.92 Å². The number of nitrogens with zero attached hydrogens (tertiary/aromatic N) is 2. The lowest BCUT2D eigenvalue weighted by Crippen LogP contribution is -2.46. The Balaban J connectivity index is 1.79. The number of rotatable bonds is 4. The average Bonchev–Trinajstić information content (AvgIpc) is 2.95. The summed E-state index contributed by atoms with van der Waals surface area (Å²) in [5.74, 6) is -0.482. The Morgan fingerprint density at radius 3 is 2.73 bits per heavy atom. The Kier molecular flexibility index (Phi) is 3.51. The van der Waals surface area contributed by atoms with Crippen molar-refractivity contribution in [3.05, 3.63) is 17.5 Å². The minimum Gasteiger partial charge on any atom is -0.377 e. The van der Waals surface area contributed by atoms with Crippen LogP contribution in [0.3, 0.4) is 0 Å². The van der Waals surface area contributed by atoms with Gasteiger partial charge in [0.2, 0.25) is 0 Å². The summed E-state index contributed by atoms with van der Waals surface area (Å²) in [5.41, 5.74) is -0.976. The minimum atomic E-state index is -3.88. The molecule has 2 saturated heterocycles. The van der Waals surface area contributed by atoms with Crippen LogP contribution in [0.15, 0.2) is 10.6 Å².